The first kappa shape index (κ1) is 26.5. The summed E-state index contributed by atoms with van der Waals surface area (Å²) in [7, 11) is 0. The fourth-order valence-corrected chi connectivity index (χ4v) is 7.40. The van der Waals surface area contributed by atoms with Crippen LogP contribution in [0.25, 0.3) is 0 Å². The van der Waals surface area contributed by atoms with Gasteiger partial charge in [-0.25, -0.2) is 4.79 Å². The summed E-state index contributed by atoms with van der Waals surface area (Å²) in [6, 6.07) is 8.50. The van der Waals surface area contributed by atoms with Gasteiger partial charge in [0, 0.05) is 16.5 Å². The van der Waals surface area contributed by atoms with E-state index in [-0.39, 0.29) is 16.5 Å². The number of thioether (sulfide) groups is 1. The Morgan fingerprint density at radius 2 is 1.74 bits per heavy atom. The lowest BCUT2D eigenvalue weighted by molar-refractivity contribution is -0.138. The van der Waals surface area contributed by atoms with Crippen molar-refractivity contribution in [3.05, 3.63) is 74.2 Å². The van der Waals surface area contributed by atoms with Crippen LogP contribution in [0.3, 0.4) is 0 Å². The number of phenolic OH excluding ortho intramolecular Hbond substituents is 1. The minimum atomic E-state index is -4.62. The zero-order valence-corrected chi connectivity index (χ0v) is 21.1. The number of aromatic hydroxyl groups is 1. The number of likely N-dealkylation sites (tertiary alicyclic amines) is 1. The Hall–Kier alpha value is -4.11. The summed E-state index contributed by atoms with van der Waals surface area (Å²) < 4.78 is 40.2. The van der Waals surface area contributed by atoms with Crippen LogP contribution in [0.5, 0.6) is 5.75 Å². The van der Waals surface area contributed by atoms with Crippen molar-refractivity contribution in [2.75, 3.05) is 5.32 Å². The van der Waals surface area contributed by atoms with Gasteiger partial charge in [0.1, 0.15) is 17.5 Å². The number of anilines is 1. The van der Waals surface area contributed by atoms with E-state index in [1.54, 1.807) is 0 Å². The summed E-state index contributed by atoms with van der Waals surface area (Å²) in [5, 5.41) is 11.1. The molecule has 3 atom stereocenters. The van der Waals surface area contributed by atoms with Gasteiger partial charge in [-0.2, -0.15) is 18.1 Å². The number of alkyl halides is 3. The Morgan fingerprint density at radius 1 is 1.05 bits per heavy atom. The number of benzene rings is 2. The number of amides is 5. The number of rotatable bonds is 4. The standard InChI is InChI=1S/C24H17F3N4O6S2/c25-24(26,27)11-2-1-3-12(8-11)29-14(33)9-30-21-18(39-23(30)37)15(10-4-6-13(32)7-5-10)16-17(38-21)20(35)31(19(16)34)22(28)36/h1-8,15-17,32H,9H2,(H2,28,36)(H,29,33)/t15-,16?,17?/m0/s1. The van der Waals surface area contributed by atoms with Crippen LogP contribution in [0.1, 0.15) is 21.9 Å². The maximum Gasteiger partial charge on any atom is 0.416 e. The van der Waals surface area contributed by atoms with E-state index in [1.807, 2.05) is 0 Å². The summed E-state index contributed by atoms with van der Waals surface area (Å²) >= 11 is 1.58. The molecule has 1 aromatic heterocycles. The van der Waals surface area contributed by atoms with Crippen molar-refractivity contribution in [3.8, 4) is 5.75 Å². The molecule has 2 aromatic carbocycles. The Bertz CT molecular complexity index is 1580. The molecule has 0 bridgehead atoms. The fraction of sp³-hybridized carbons (Fsp3) is 0.208. The van der Waals surface area contributed by atoms with E-state index in [0.717, 1.165) is 45.9 Å². The SMILES string of the molecule is NC(=O)N1C(=O)C2Sc3c(sc(=O)n3CC(=O)Nc3cccc(C(F)(F)F)c3)[C@@H](c3ccc(O)cc3)C2C1=O. The number of aromatic nitrogens is 1. The first-order valence-corrected chi connectivity index (χ1v) is 12.9. The van der Waals surface area contributed by atoms with Gasteiger partial charge in [-0.1, -0.05) is 41.3 Å². The van der Waals surface area contributed by atoms with Crippen LogP contribution in [-0.2, 0) is 27.1 Å². The number of hydrogen-bond donors (Lipinski definition) is 3. The Kier molecular flexibility index (Phi) is 6.50. The summed E-state index contributed by atoms with van der Waals surface area (Å²) in [5.41, 5.74) is 4.65. The van der Waals surface area contributed by atoms with Gasteiger partial charge < -0.3 is 16.2 Å². The molecular weight excluding hydrogens is 561 g/mol. The highest BCUT2D eigenvalue weighted by atomic mass is 32.2. The van der Waals surface area contributed by atoms with Crippen LogP contribution in [-0.4, -0.2) is 43.6 Å². The average Bonchev–Trinajstić information content (AvgIpc) is 3.30. The minimum absolute atomic E-state index is 0.0645. The van der Waals surface area contributed by atoms with Crippen molar-refractivity contribution in [1.29, 1.82) is 0 Å². The molecular formula is C24H17F3N4O6S2. The highest BCUT2D eigenvalue weighted by Gasteiger charge is 2.57. The van der Waals surface area contributed by atoms with Crippen LogP contribution >= 0.6 is 23.1 Å². The number of halogens is 3. The topological polar surface area (TPSA) is 152 Å². The first-order chi connectivity index (χ1) is 18.4. The van der Waals surface area contributed by atoms with E-state index in [0.29, 0.717) is 15.3 Å². The van der Waals surface area contributed by atoms with E-state index in [2.05, 4.69) is 5.32 Å². The van der Waals surface area contributed by atoms with Crippen LogP contribution in [0, 0.1) is 5.92 Å². The number of nitrogens with one attached hydrogen (secondary N) is 1. The molecule has 0 aliphatic carbocycles. The fourth-order valence-electron chi connectivity index (χ4n) is 4.63. The maximum atomic E-state index is 13.1. The monoisotopic (exact) mass is 578 g/mol. The van der Waals surface area contributed by atoms with Gasteiger partial charge in [-0.15, -0.1) is 0 Å². The van der Waals surface area contributed by atoms with Crippen molar-refractivity contribution in [1.82, 2.24) is 9.47 Å². The molecule has 0 saturated carbocycles. The first-order valence-electron chi connectivity index (χ1n) is 11.2. The van der Waals surface area contributed by atoms with Gasteiger partial charge in [0.25, 0.3) is 5.91 Å². The largest absolute Gasteiger partial charge is 0.508 e. The predicted molar refractivity (Wildman–Crippen MR) is 133 cm³/mol. The number of thiazole rings is 1. The molecule has 3 heterocycles. The van der Waals surface area contributed by atoms with Gasteiger partial charge in [0.15, 0.2) is 0 Å². The van der Waals surface area contributed by atoms with E-state index in [4.69, 9.17) is 5.73 Å². The number of fused-ring (bicyclic) bond motifs is 2. The molecule has 1 saturated heterocycles. The molecule has 0 spiro atoms. The molecule has 5 rings (SSSR count). The van der Waals surface area contributed by atoms with Crippen molar-refractivity contribution in [3.63, 3.8) is 0 Å². The molecule has 3 aromatic rings. The molecule has 202 valence electrons. The lowest BCUT2D eigenvalue weighted by atomic mass is 9.83. The van der Waals surface area contributed by atoms with Crippen LogP contribution in [0.4, 0.5) is 23.7 Å². The molecule has 15 heteroatoms. The highest BCUT2D eigenvalue weighted by molar-refractivity contribution is 8.00. The molecule has 2 aliphatic rings. The van der Waals surface area contributed by atoms with Gasteiger partial charge in [0.05, 0.1) is 16.5 Å². The summed E-state index contributed by atoms with van der Waals surface area (Å²) in [5.74, 6) is -4.52. The third kappa shape index (κ3) is 4.67. The highest BCUT2D eigenvalue weighted by Crippen LogP contribution is 2.53. The second kappa shape index (κ2) is 9.57. The zero-order valence-electron chi connectivity index (χ0n) is 19.5. The summed E-state index contributed by atoms with van der Waals surface area (Å²) in [6.45, 7) is -0.588. The van der Waals surface area contributed by atoms with Gasteiger partial charge in [-0.3, -0.25) is 23.7 Å². The van der Waals surface area contributed by atoms with E-state index < -0.39 is 64.0 Å². The van der Waals surface area contributed by atoms with Gasteiger partial charge in [-0.05, 0) is 35.9 Å². The smallest absolute Gasteiger partial charge is 0.416 e. The summed E-state index contributed by atoms with van der Waals surface area (Å²) in [6.07, 6.45) is -4.62. The molecule has 1 fully saturated rings. The van der Waals surface area contributed by atoms with Crippen LogP contribution in [0.15, 0.2) is 58.4 Å². The normalized spacial score (nSPS) is 20.5. The number of nitrogens with zero attached hydrogens (tertiary/aromatic N) is 2. The number of primary amides is 1. The van der Waals surface area contributed by atoms with Gasteiger partial charge >= 0.3 is 17.1 Å². The van der Waals surface area contributed by atoms with E-state index in [9.17, 15) is 42.3 Å². The molecule has 4 N–H and O–H groups in total. The number of phenols is 1. The Balaban J connectivity index is 1.52. The quantitative estimate of drug-likeness (QED) is 0.403. The molecule has 5 amide bonds. The van der Waals surface area contributed by atoms with Crippen molar-refractivity contribution in [2.24, 2.45) is 11.7 Å². The Labute approximate surface area is 225 Å². The van der Waals surface area contributed by atoms with Crippen LogP contribution < -0.4 is 15.9 Å². The minimum Gasteiger partial charge on any atom is -0.508 e. The lowest BCUT2D eigenvalue weighted by Gasteiger charge is -2.30. The second-order valence-electron chi connectivity index (χ2n) is 8.73. The third-order valence-corrected chi connectivity index (χ3v) is 8.90. The van der Waals surface area contributed by atoms with E-state index in [1.165, 1.54) is 30.3 Å². The molecule has 2 aliphatic heterocycles. The lowest BCUT2D eigenvalue weighted by Crippen LogP contribution is -2.41. The van der Waals surface area contributed by atoms with Crippen molar-refractivity contribution >= 4 is 52.5 Å². The third-order valence-electron chi connectivity index (χ3n) is 6.30. The number of carbonyl (C=O) groups is 4. The van der Waals surface area contributed by atoms with Crippen molar-refractivity contribution in [2.45, 2.75) is 28.9 Å². The van der Waals surface area contributed by atoms with E-state index >= 15 is 0 Å². The number of imide groups is 3. The van der Waals surface area contributed by atoms with Gasteiger partial charge in [0.2, 0.25) is 11.8 Å². The average molecular weight is 579 g/mol. The molecule has 10 nitrogen and oxygen atoms in total. The number of carbonyl (C=O) groups excluding carboxylic acids is 4. The summed E-state index contributed by atoms with van der Waals surface area (Å²) in [4.78, 5) is 63.9. The zero-order chi connectivity index (χ0) is 28.2. The predicted octanol–water partition coefficient (Wildman–Crippen LogP) is 2.94. The second-order valence-corrected chi connectivity index (χ2v) is 10.9. The molecule has 2 unspecified atom stereocenters. The number of hydrogen-bond acceptors (Lipinski definition) is 8. The molecule has 39 heavy (non-hydrogen) atoms. The maximum absolute atomic E-state index is 13.1. The number of urea groups is 1. The Morgan fingerprint density at radius 3 is 2.38 bits per heavy atom. The van der Waals surface area contributed by atoms with Crippen LogP contribution in [0.2, 0.25) is 0 Å². The number of nitrogens with two attached hydrogens (primary N) is 1. The van der Waals surface area contributed by atoms with Crippen molar-refractivity contribution < 1.29 is 37.5 Å². The molecule has 0 radical (unpaired) electrons.